The third-order valence-corrected chi connectivity index (χ3v) is 3.85. The van der Waals surface area contributed by atoms with E-state index in [-0.39, 0.29) is 5.78 Å². The van der Waals surface area contributed by atoms with E-state index in [2.05, 4.69) is 0 Å². The van der Waals surface area contributed by atoms with Crippen LogP contribution in [-0.4, -0.2) is 17.4 Å². The predicted molar refractivity (Wildman–Crippen MR) is 83.6 cm³/mol. The summed E-state index contributed by atoms with van der Waals surface area (Å²) in [6.45, 7) is 6.95. The first-order valence-corrected chi connectivity index (χ1v) is 7.26. The maximum absolute atomic E-state index is 12.6. The number of carbonyl (C=O) groups excluding carboxylic acids is 2. The molecule has 0 fully saturated rings. The van der Waals surface area contributed by atoms with Gasteiger partial charge in [0.15, 0.2) is 5.78 Å². The lowest BCUT2D eigenvalue weighted by Gasteiger charge is -2.33. The maximum Gasteiger partial charge on any atom is 0.308 e. The van der Waals surface area contributed by atoms with Crippen LogP contribution in [0.5, 0.6) is 11.5 Å². The third-order valence-electron chi connectivity index (χ3n) is 3.85. The van der Waals surface area contributed by atoms with Gasteiger partial charge in [-0.1, -0.05) is 24.3 Å². The molecule has 0 radical (unpaired) electrons. The summed E-state index contributed by atoms with van der Waals surface area (Å²) in [5.74, 6) is 0.643. The van der Waals surface area contributed by atoms with E-state index in [1.165, 1.54) is 6.92 Å². The second kappa shape index (κ2) is 4.83. The Kier molecular flexibility index (Phi) is 3.20. The molecule has 2 aromatic carbocycles. The molecule has 1 aliphatic rings. The van der Waals surface area contributed by atoms with E-state index in [1.54, 1.807) is 6.92 Å². The van der Waals surface area contributed by atoms with Gasteiger partial charge in [0.05, 0.1) is 12.0 Å². The molecule has 1 heterocycles. The monoisotopic (exact) mass is 298 g/mol. The van der Waals surface area contributed by atoms with Gasteiger partial charge in [0.25, 0.3) is 0 Å². The van der Waals surface area contributed by atoms with E-state index in [4.69, 9.17) is 9.47 Å². The molecule has 0 N–H and O–H groups in total. The van der Waals surface area contributed by atoms with Crippen molar-refractivity contribution in [3.8, 4) is 11.5 Å². The molecule has 0 atom stereocenters. The number of carbonyl (C=O) groups is 2. The van der Waals surface area contributed by atoms with Crippen molar-refractivity contribution in [2.45, 2.75) is 39.7 Å². The molecule has 0 aromatic heterocycles. The first-order chi connectivity index (χ1) is 10.3. The zero-order chi connectivity index (χ0) is 16.1. The lowest BCUT2D eigenvalue weighted by atomic mass is 9.88. The first-order valence-electron chi connectivity index (χ1n) is 7.26. The van der Waals surface area contributed by atoms with Gasteiger partial charge in [0.1, 0.15) is 17.1 Å². The maximum atomic E-state index is 12.6. The molecule has 4 heteroatoms. The minimum Gasteiger partial charge on any atom is -0.486 e. The van der Waals surface area contributed by atoms with E-state index in [0.717, 1.165) is 10.8 Å². The van der Waals surface area contributed by atoms with Crippen molar-refractivity contribution in [1.82, 2.24) is 0 Å². The van der Waals surface area contributed by atoms with E-state index in [0.29, 0.717) is 29.0 Å². The Bertz CT molecular complexity index is 802. The summed E-state index contributed by atoms with van der Waals surface area (Å²) in [5.41, 5.74) is 0.640. The molecule has 0 unspecified atom stereocenters. The van der Waals surface area contributed by atoms with Gasteiger partial charge in [-0.3, -0.25) is 9.59 Å². The summed E-state index contributed by atoms with van der Waals surface area (Å²) in [7, 11) is 0. The molecule has 1 aliphatic heterocycles. The molecule has 0 saturated heterocycles. The van der Waals surface area contributed by atoms with Crippen LogP contribution < -0.4 is 9.47 Å². The van der Waals surface area contributed by atoms with Gasteiger partial charge in [0.2, 0.25) is 0 Å². The van der Waals surface area contributed by atoms with Crippen LogP contribution in [0.2, 0.25) is 0 Å². The summed E-state index contributed by atoms with van der Waals surface area (Å²) < 4.78 is 11.5. The Hall–Kier alpha value is -2.36. The largest absolute Gasteiger partial charge is 0.486 e. The zero-order valence-corrected chi connectivity index (χ0v) is 13.1. The van der Waals surface area contributed by atoms with Gasteiger partial charge in [-0.25, -0.2) is 0 Å². The highest BCUT2D eigenvalue weighted by Crippen LogP contribution is 2.45. The van der Waals surface area contributed by atoms with Crippen LogP contribution in [0.1, 0.15) is 43.1 Å². The van der Waals surface area contributed by atoms with Crippen LogP contribution in [0.15, 0.2) is 24.3 Å². The zero-order valence-electron chi connectivity index (χ0n) is 13.1. The average molecular weight is 298 g/mol. The summed E-state index contributed by atoms with van der Waals surface area (Å²) in [4.78, 5) is 24.0. The SMILES string of the molecule is CC(=O)Oc1c(C)c2c(c3ccccc13)OC(C)(C)CC2=O. The number of hydrogen-bond acceptors (Lipinski definition) is 4. The number of esters is 1. The number of Topliss-reactive ketones (excluding diaryl/α,β-unsaturated/α-hetero) is 1. The summed E-state index contributed by atoms with van der Waals surface area (Å²) in [6, 6.07) is 7.51. The van der Waals surface area contributed by atoms with Gasteiger partial charge in [0, 0.05) is 23.3 Å². The second-order valence-electron chi connectivity index (χ2n) is 6.26. The van der Waals surface area contributed by atoms with E-state index in [1.807, 2.05) is 38.1 Å². The molecule has 22 heavy (non-hydrogen) atoms. The standard InChI is InChI=1S/C18H18O4/c1-10-15-14(20)9-18(3,4)22-17(15)13-8-6-5-7-12(13)16(10)21-11(2)19/h5-8H,9H2,1-4H3. The molecule has 0 aliphatic carbocycles. The quantitative estimate of drug-likeness (QED) is 0.593. The number of hydrogen-bond donors (Lipinski definition) is 0. The topological polar surface area (TPSA) is 52.6 Å². The van der Waals surface area contributed by atoms with Crippen molar-refractivity contribution < 1.29 is 19.1 Å². The van der Waals surface area contributed by atoms with Crippen LogP contribution in [0.3, 0.4) is 0 Å². The lowest BCUT2D eigenvalue weighted by molar-refractivity contribution is -0.131. The highest BCUT2D eigenvalue weighted by Gasteiger charge is 2.36. The van der Waals surface area contributed by atoms with Crippen molar-refractivity contribution in [3.05, 3.63) is 35.4 Å². The van der Waals surface area contributed by atoms with E-state index < -0.39 is 11.6 Å². The first kappa shape index (κ1) is 14.6. The van der Waals surface area contributed by atoms with Gasteiger partial charge >= 0.3 is 5.97 Å². The van der Waals surface area contributed by atoms with Gasteiger partial charge in [-0.2, -0.15) is 0 Å². The van der Waals surface area contributed by atoms with Gasteiger partial charge in [-0.15, -0.1) is 0 Å². The number of fused-ring (bicyclic) bond motifs is 3. The Labute approximate surface area is 129 Å². The van der Waals surface area contributed by atoms with Gasteiger partial charge in [-0.05, 0) is 20.8 Å². The average Bonchev–Trinajstić information content (AvgIpc) is 2.41. The summed E-state index contributed by atoms with van der Waals surface area (Å²) in [5, 5.41) is 1.57. The van der Waals surface area contributed by atoms with Crippen molar-refractivity contribution >= 4 is 22.5 Å². The Morgan fingerprint density at radius 3 is 2.50 bits per heavy atom. The molecule has 0 amide bonds. The van der Waals surface area contributed by atoms with Crippen LogP contribution in [-0.2, 0) is 4.79 Å². The minimum absolute atomic E-state index is 0.0166. The molecular formula is C18H18O4. The van der Waals surface area contributed by atoms with Gasteiger partial charge < -0.3 is 9.47 Å². The predicted octanol–water partition coefficient (Wildman–Crippen LogP) is 3.82. The van der Waals surface area contributed by atoms with Crippen molar-refractivity contribution in [2.75, 3.05) is 0 Å². The molecule has 4 nitrogen and oxygen atoms in total. The van der Waals surface area contributed by atoms with Crippen molar-refractivity contribution in [3.63, 3.8) is 0 Å². The summed E-state index contributed by atoms with van der Waals surface area (Å²) >= 11 is 0. The fourth-order valence-corrected chi connectivity index (χ4v) is 3.00. The smallest absolute Gasteiger partial charge is 0.308 e. The highest BCUT2D eigenvalue weighted by atomic mass is 16.5. The number of ether oxygens (including phenoxy) is 2. The normalized spacial score (nSPS) is 16.1. The van der Waals surface area contributed by atoms with Crippen molar-refractivity contribution in [1.29, 1.82) is 0 Å². The molecule has 0 saturated carbocycles. The molecule has 3 rings (SSSR count). The summed E-state index contributed by atoms with van der Waals surface area (Å²) in [6.07, 6.45) is 0.304. The minimum atomic E-state index is -0.539. The Morgan fingerprint density at radius 1 is 1.23 bits per heavy atom. The Morgan fingerprint density at radius 2 is 1.86 bits per heavy atom. The fourth-order valence-electron chi connectivity index (χ4n) is 3.00. The number of benzene rings is 2. The Balaban J connectivity index is 2.39. The lowest BCUT2D eigenvalue weighted by Crippen LogP contribution is -2.36. The van der Waals surface area contributed by atoms with Crippen LogP contribution in [0.4, 0.5) is 0 Å². The van der Waals surface area contributed by atoms with E-state index >= 15 is 0 Å². The van der Waals surface area contributed by atoms with Crippen molar-refractivity contribution in [2.24, 2.45) is 0 Å². The molecule has 0 bridgehead atoms. The number of ketones is 1. The van der Waals surface area contributed by atoms with E-state index in [9.17, 15) is 9.59 Å². The molecular weight excluding hydrogens is 280 g/mol. The number of rotatable bonds is 1. The fraction of sp³-hybridized carbons (Fsp3) is 0.333. The second-order valence-corrected chi connectivity index (χ2v) is 6.26. The molecule has 2 aromatic rings. The molecule has 114 valence electrons. The van der Waals surface area contributed by atoms with Crippen LogP contribution in [0, 0.1) is 6.92 Å². The van der Waals surface area contributed by atoms with Crippen LogP contribution in [0.25, 0.3) is 10.8 Å². The highest BCUT2D eigenvalue weighted by molar-refractivity contribution is 6.10. The third kappa shape index (κ3) is 2.25. The molecule has 0 spiro atoms. The van der Waals surface area contributed by atoms with Crippen LogP contribution >= 0.6 is 0 Å².